The largest absolute Gasteiger partial charge is 0.480 e. The van der Waals surface area contributed by atoms with Crippen LogP contribution in [0.4, 0.5) is 4.79 Å². The third-order valence-corrected chi connectivity index (χ3v) is 3.45. The van der Waals surface area contributed by atoms with Gasteiger partial charge in [0.15, 0.2) is 0 Å². The molecule has 0 aromatic carbocycles. The summed E-state index contributed by atoms with van der Waals surface area (Å²) in [5.41, 5.74) is 0. The minimum atomic E-state index is -1.08. The van der Waals surface area contributed by atoms with Crippen LogP contribution in [0.2, 0.25) is 0 Å². The van der Waals surface area contributed by atoms with Gasteiger partial charge in [0.25, 0.3) is 0 Å². The Hall–Kier alpha value is -1.79. The molecule has 1 aliphatic heterocycles. The van der Waals surface area contributed by atoms with Gasteiger partial charge in [0.1, 0.15) is 12.1 Å². The molecule has 0 aromatic rings. The number of carbonyl (C=O) groups is 3. The Labute approximate surface area is 118 Å². The second-order valence-corrected chi connectivity index (χ2v) is 5.24. The van der Waals surface area contributed by atoms with Gasteiger partial charge in [-0.1, -0.05) is 13.8 Å². The summed E-state index contributed by atoms with van der Waals surface area (Å²) in [5.74, 6) is -1.78. The summed E-state index contributed by atoms with van der Waals surface area (Å²) in [6, 6.07) is -2.13. The van der Waals surface area contributed by atoms with Crippen molar-refractivity contribution in [2.45, 2.75) is 45.2 Å². The summed E-state index contributed by atoms with van der Waals surface area (Å²) in [6.07, 6.45) is 2.18. The average molecular weight is 286 g/mol. The molecular weight excluding hydrogens is 264 g/mol. The van der Waals surface area contributed by atoms with Crippen LogP contribution in [0.3, 0.4) is 0 Å². The lowest BCUT2D eigenvalue weighted by atomic mass is 10.0. The predicted molar refractivity (Wildman–Crippen MR) is 71.2 cm³/mol. The molecule has 1 saturated heterocycles. The van der Waals surface area contributed by atoms with Crippen molar-refractivity contribution < 1.29 is 24.2 Å². The van der Waals surface area contributed by atoms with Gasteiger partial charge in [0.2, 0.25) is 0 Å². The molecule has 1 unspecified atom stereocenters. The molecule has 1 aliphatic rings. The van der Waals surface area contributed by atoms with Gasteiger partial charge in [-0.3, -0.25) is 0 Å². The number of amides is 2. The number of carboxylic acid groups (broad SMARTS) is 1. The standard InChI is InChI=1S/C13H22N2O5/c1-8(2)10(11(16)17)14-13(19)15-7-5-4-6-9(15)12(18)20-3/h8-10H,4-7H2,1-3H3,(H,14,19)(H,16,17)/t9?,10-/m1/s1. The first-order valence-corrected chi connectivity index (χ1v) is 6.76. The van der Waals surface area contributed by atoms with Crippen LogP contribution < -0.4 is 5.32 Å². The van der Waals surface area contributed by atoms with Crippen molar-refractivity contribution in [2.24, 2.45) is 5.92 Å². The number of rotatable bonds is 4. The number of aliphatic carboxylic acids is 1. The lowest BCUT2D eigenvalue weighted by molar-refractivity contribution is -0.146. The predicted octanol–water partition coefficient (Wildman–Crippen LogP) is 0.833. The third kappa shape index (κ3) is 3.85. The van der Waals surface area contributed by atoms with Crippen LogP contribution in [0.5, 0.6) is 0 Å². The highest BCUT2D eigenvalue weighted by Gasteiger charge is 2.35. The van der Waals surface area contributed by atoms with E-state index in [1.165, 1.54) is 12.0 Å². The van der Waals surface area contributed by atoms with Crippen LogP contribution in [0.25, 0.3) is 0 Å². The Bertz CT molecular complexity index is 383. The summed E-state index contributed by atoms with van der Waals surface area (Å²) in [4.78, 5) is 36.3. The number of hydrogen-bond donors (Lipinski definition) is 2. The van der Waals surface area contributed by atoms with E-state index in [-0.39, 0.29) is 5.92 Å². The highest BCUT2D eigenvalue weighted by molar-refractivity contribution is 5.87. The number of methoxy groups -OCH3 is 1. The first-order valence-electron chi connectivity index (χ1n) is 6.76. The number of urea groups is 1. The Kier molecular flexibility index (Phi) is 5.79. The molecule has 2 N–H and O–H groups in total. The molecule has 0 aliphatic carbocycles. The summed E-state index contributed by atoms with van der Waals surface area (Å²) in [6.45, 7) is 3.86. The third-order valence-electron chi connectivity index (χ3n) is 3.45. The number of carbonyl (C=O) groups excluding carboxylic acids is 2. The van der Waals surface area contributed by atoms with Gasteiger partial charge in [-0.2, -0.15) is 0 Å². The van der Waals surface area contributed by atoms with Crippen molar-refractivity contribution in [1.82, 2.24) is 10.2 Å². The molecule has 0 bridgehead atoms. The highest BCUT2D eigenvalue weighted by atomic mass is 16.5. The minimum Gasteiger partial charge on any atom is -0.480 e. The number of hydrogen-bond acceptors (Lipinski definition) is 4. The normalized spacial score (nSPS) is 20.4. The van der Waals surface area contributed by atoms with Crippen LogP contribution in [0.1, 0.15) is 33.1 Å². The van der Waals surface area contributed by atoms with Crippen LogP contribution >= 0.6 is 0 Å². The second-order valence-electron chi connectivity index (χ2n) is 5.24. The van der Waals surface area contributed by atoms with Crippen molar-refractivity contribution in [1.29, 1.82) is 0 Å². The summed E-state index contributed by atoms with van der Waals surface area (Å²) in [5, 5.41) is 11.6. The Morgan fingerprint density at radius 2 is 1.95 bits per heavy atom. The number of piperidine rings is 1. The summed E-state index contributed by atoms with van der Waals surface area (Å²) >= 11 is 0. The van der Waals surface area contributed by atoms with Crippen LogP contribution in [-0.4, -0.2) is 53.7 Å². The van der Waals surface area contributed by atoms with Gasteiger partial charge in [0, 0.05) is 6.54 Å². The zero-order valence-electron chi connectivity index (χ0n) is 12.1. The lowest BCUT2D eigenvalue weighted by Crippen LogP contribution is -2.56. The maximum absolute atomic E-state index is 12.2. The molecular formula is C13H22N2O5. The van der Waals surface area contributed by atoms with E-state index >= 15 is 0 Å². The number of nitrogens with zero attached hydrogens (tertiary/aromatic N) is 1. The van der Waals surface area contributed by atoms with Crippen molar-refractivity contribution in [2.75, 3.05) is 13.7 Å². The van der Waals surface area contributed by atoms with Crippen LogP contribution in [0, 0.1) is 5.92 Å². The number of carboxylic acids is 1. The Morgan fingerprint density at radius 1 is 1.30 bits per heavy atom. The molecule has 0 saturated carbocycles. The van der Waals surface area contributed by atoms with Crippen molar-refractivity contribution in [3.05, 3.63) is 0 Å². The van der Waals surface area contributed by atoms with E-state index in [9.17, 15) is 14.4 Å². The van der Waals surface area contributed by atoms with Gasteiger partial charge in [-0.25, -0.2) is 14.4 Å². The number of esters is 1. The maximum atomic E-state index is 12.2. The molecule has 1 fully saturated rings. The average Bonchev–Trinajstić information content (AvgIpc) is 2.42. The highest BCUT2D eigenvalue weighted by Crippen LogP contribution is 2.18. The quantitative estimate of drug-likeness (QED) is 0.746. The van der Waals surface area contributed by atoms with E-state index in [1.807, 2.05) is 0 Å². The van der Waals surface area contributed by atoms with E-state index in [0.29, 0.717) is 13.0 Å². The molecule has 7 nitrogen and oxygen atoms in total. The first-order chi connectivity index (χ1) is 9.38. The molecule has 1 heterocycles. The van der Waals surface area contributed by atoms with Crippen molar-refractivity contribution in [3.8, 4) is 0 Å². The van der Waals surface area contributed by atoms with Gasteiger partial charge in [-0.15, -0.1) is 0 Å². The van der Waals surface area contributed by atoms with Crippen LogP contribution in [-0.2, 0) is 14.3 Å². The molecule has 0 aromatic heterocycles. The topological polar surface area (TPSA) is 95.9 Å². The number of likely N-dealkylation sites (tertiary alicyclic amines) is 1. The molecule has 1 rings (SSSR count). The molecule has 0 radical (unpaired) electrons. The minimum absolute atomic E-state index is 0.238. The molecule has 2 amide bonds. The molecule has 7 heteroatoms. The molecule has 20 heavy (non-hydrogen) atoms. The Morgan fingerprint density at radius 3 is 2.45 bits per heavy atom. The van der Waals surface area contributed by atoms with Crippen molar-refractivity contribution >= 4 is 18.0 Å². The fourth-order valence-electron chi connectivity index (χ4n) is 2.29. The van der Waals surface area contributed by atoms with Gasteiger partial charge >= 0.3 is 18.0 Å². The fourth-order valence-corrected chi connectivity index (χ4v) is 2.29. The monoisotopic (exact) mass is 286 g/mol. The van der Waals surface area contributed by atoms with E-state index in [2.05, 4.69) is 5.32 Å². The number of nitrogens with one attached hydrogen (secondary N) is 1. The lowest BCUT2D eigenvalue weighted by Gasteiger charge is -2.34. The van der Waals surface area contributed by atoms with E-state index in [1.54, 1.807) is 13.8 Å². The van der Waals surface area contributed by atoms with Gasteiger partial charge in [-0.05, 0) is 25.2 Å². The SMILES string of the molecule is COC(=O)C1CCCCN1C(=O)N[C@@H](C(=O)O)C(C)C. The van der Waals surface area contributed by atoms with E-state index < -0.39 is 30.1 Å². The van der Waals surface area contributed by atoms with Gasteiger partial charge in [0.05, 0.1) is 7.11 Å². The fraction of sp³-hybridized carbons (Fsp3) is 0.769. The van der Waals surface area contributed by atoms with E-state index in [4.69, 9.17) is 9.84 Å². The van der Waals surface area contributed by atoms with Crippen LogP contribution in [0.15, 0.2) is 0 Å². The smallest absolute Gasteiger partial charge is 0.328 e. The summed E-state index contributed by atoms with van der Waals surface area (Å²) in [7, 11) is 1.28. The van der Waals surface area contributed by atoms with Crippen molar-refractivity contribution in [3.63, 3.8) is 0 Å². The zero-order chi connectivity index (χ0) is 15.3. The zero-order valence-corrected chi connectivity index (χ0v) is 12.1. The van der Waals surface area contributed by atoms with Gasteiger partial charge < -0.3 is 20.1 Å². The Balaban J connectivity index is 2.77. The first kappa shape index (κ1) is 16.3. The summed E-state index contributed by atoms with van der Waals surface area (Å²) < 4.78 is 4.69. The number of ether oxygens (including phenoxy) is 1. The van der Waals surface area contributed by atoms with E-state index in [0.717, 1.165) is 12.8 Å². The maximum Gasteiger partial charge on any atom is 0.328 e. The molecule has 2 atom stereocenters. The molecule has 0 spiro atoms. The second kappa shape index (κ2) is 7.12. The molecule has 114 valence electrons.